The van der Waals surface area contributed by atoms with Crippen molar-refractivity contribution in [2.24, 2.45) is 4.99 Å². The lowest BCUT2D eigenvalue weighted by Crippen LogP contribution is -2.13. The summed E-state index contributed by atoms with van der Waals surface area (Å²) in [5, 5.41) is 7.26. The molecule has 0 radical (unpaired) electrons. The zero-order valence-electron chi connectivity index (χ0n) is 10.0. The van der Waals surface area contributed by atoms with Gasteiger partial charge < -0.3 is 10.4 Å². The van der Waals surface area contributed by atoms with E-state index in [0.717, 1.165) is 23.0 Å². The lowest BCUT2D eigenvalue weighted by molar-refractivity contribution is 1.10. The summed E-state index contributed by atoms with van der Waals surface area (Å²) >= 11 is 0. The maximum Gasteiger partial charge on any atom is 0.138 e. The van der Waals surface area contributed by atoms with Crippen LogP contribution in [0.25, 0.3) is 5.57 Å². The first-order chi connectivity index (χ1) is 8.22. The number of nitrogens with one attached hydrogen (secondary N) is 2. The molecule has 17 heavy (non-hydrogen) atoms. The van der Waals surface area contributed by atoms with Gasteiger partial charge >= 0.3 is 0 Å². The lowest BCUT2D eigenvalue weighted by Gasteiger charge is -2.03. The normalized spacial score (nSPS) is 12.3. The van der Waals surface area contributed by atoms with Crippen LogP contribution in [0.5, 0.6) is 0 Å². The monoisotopic (exact) mass is 227 g/mol. The molecule has 0 aliphatic carbocycles. The second-order valence-corrected chi connectivity index (χ2v) is 3.47. The topological polar surface area (TPSA) is 52.0 Å². The van der Waals surface area contributed by atoms with E-state index in [0.29, 0.717) is 5.70 Å². The number of hydrogen-bond acceptors (Lipinski definition) is 2. The fourth-order valence-corrected chi connectivity index (χ4v) is 1.36. The predicted octanol–water partition coefficient (Wildman–Crippen LogP) is 3.06. The minimum atomic E-state index is 0.549. The average molecular weight is 227 g/mol. The predicted molar refractivity (Wildman–Crippen MR) is 72.7 cm³/mol. The van der Waals surface area contributed by atoms with Crippen molar-refractivity contribution < 1.29 is 0 Å². The Kier molecular flexibility index (Phi) is 4.88. The minimum Gasteiger partial charge on any atom is -0.346 e. The van der Waals surface area contributed by atoms with Gasteiger partial charge in [0.2, 0.25) is 0 Å². The van der Waals surface area contributed by atoms with Crippen molar-refractivity contribution in [1.82, 2.24) is 4.98 Å². The minimum absolute atomic E-state index is 0.549. The molecule has 0 spiro atoms. The van der Waals surface area contributed by atoms with E-state index in [9.17, 15) is 0 Å². The summed E-state index contributed by atoms with van der Waals surface area (Å²) in [7, 11) is 0. The molecule has 0 aliphatic heterocycles. The van der Waals surface area contributed by atoms with Gasteiger partial charge in [0.15, 0.2) is 0 Å². The van der Waals surface area contributed by atoms with E-state index in [1.807, 2.05) is 12.1 Å². The maximum atomic E-state index is 7.26. The van der Waals surface area contributed by atoms with Gasteiger partial charge in [-0.3, -0.25) is 0 Å². The molecule has 0 unspecified atom stereocenters. The van der Waals surface area contributed by atoms with Crippen LogP contribution in [0.3, 0.4) is 0 Å². The van der Waals surface area contributed by atoms with Crippen molar-refractivity contribution in [3.63, 3.8) is 0 Å². The maximum absolute atomic E-state index is 7.26. The fraction of sp³-hybridized carbons (Fsp3) is 0.143. The van der Waals surface area contributed by atoms with E-state index in [1.165, 1.54) is 6.21 Å². The smallest absolute Gasteiger partial charge is 0.138 e. The summed E-state index contributed by atoms with van der Waals surface area (Å²) in [5.41, 5.74) is 3.26. The number of allylic oxidation sites excluding steroid dienone is 4. The van der Waals surface area contributed by atoms with Crippen LogP contribution in [-0.4, -0.2) is 11.2 Å². The molecule has 0 amide bonds. The van der Waals surface area contributed by atoms with Crippen molar-refractivity contribution in [2.75, 3.05) is 0 Å². The van der Waals surface area contributed by atoms with E-state index >= 15 is 0 Å². The molecule has 0 saturated heterocycles. The van der Waals surface area contributed by atoms with Crippen LogP contribution >= 0.6 is 0 Å². The second kappa shape index (κ2) is 6.43. The molecule has 3 heteroatoms. The van der Waals surface area contributed by atoms with Crippen LogP contribution in [0.1, 0.15) is 18.9 Å². The van der Waals surface area contributed by atoms with Crippen molar-refractivity contribution in [3.05, 3.63) is 60.4 Å². The van der Waals surface area contributed by atoms with Crippen LogP contribution < -0.4 is 5.49 Å². The molecule has 0 aromatic carbocycles. The largest absolute Gasteiger partial charge is 0.346 e. The first-order valence-corrected chi connectivity index (χ1v) is 5.46. The first kappa shape index (κ1) is 12.9. The summed E-state index contributed by atoms with van der Waals surface area (Å²) in [5.74, 6) is 0. The Hall–Kier alpha value is -2.16. The Morgan fingerprint density at radius 1 is 1.59 bits per heavy atom. The molecule has 1 aromatic heterocycles. The number of H-pyrrole nitrogens is 1. The molecule has 0 saturated carbocycles. The molecular weight excluding hydrogens is 210 g/mol. The van der Waals surface area contributed by atoms with E-state index in [1.54, 1.807) is 18.3 Å². The van der Waals surface area contributed by atoms with Crippen LogP contribution in [0, 0.1) is 5.41 Å². The molecule has 2 N–H and O–H groups in total. The Labute approximate surface area is 101 Å². The summed E-state index contributed by atoms with van der Waals surface area (Å²) < 4.78 is 0. The summed E-state index contributed by atoms with van der Waals surface area (Å²) in [6.07, 6.45) is 7.17. The Morgan fingerprint density at radius 3 is 2.94 bits per heavy atom. The summed E-state index contributed by atoms with van der Waals surface area (Å²) in [6, 6.07) is 3.88. The Bertz CT molecular complexity index is 518. The quantitative estimate of drug-likeness (QED) is 0.574. The van der Waals surface area contributed by atoms with Gasteiger partial charge in [-0.25, -0.2) is 4.99 Å². The van der Waals surface area contributed by atoms with Gasteiger partial charge in [0.25, 0.3) is 0 Å². The van der Waals surface area contributed by atoms with Crippen molar-refractivity contribution in [2.45, 2.75) is 13.3 Å². The number of aromatic amines is 1. The van der Waals surface area contributed by atoms with Crippen LogP contribution in [-0.2, 0) is 0 Å². The zero-order valence-corrected chi connectivity index (χ0v) is 10.0. The van der Waals surface area contributed by atoms with Crippen LogP contribution in [0.4, 0.5) is 0 Å². The molecule has 0 bridgehead atoms. The van der Waals surface area contributed by atoms with Crippen LogP contribution in [0.2, 0.25) is 0 Å². The van der Waals surface area contributed by atoms with E-state index < -0.39 is 0 Å². The van der Waals surface area contributed by atoms with Gasteiger partial charge in [0.1, 0.15) is 5.49 Å². The molecule has 1 rings (SSSR count). The lowest BCUT2D eigenvalue weighted by atomic mass is 10.1. The molecule has 0 fully saturated rings. The standard InChI is InChI=1S/C14H17N3/c1-4-7-12(10-15)17-14-13(11(3)5-2)8-6-9-16-14/h4,6-10,15H,1,3,5H2,2H3,(H,16,17)/b12-7+,15-10?. The summed E-state index contributed by atoms with van der Waals surface area (Å²) in [6.45, 7) is 9.65. The number of nitrogens with zero attached hydrogens (tertiary/aromatic N) is 1. The van der Waals surface area contributed by atoms with Crippen molar-refractivity contribution >= 4 is 11.8 Å². The van der Waals surface area contributed by atoms with Gasteiger partial charge in [-0.05, 0) is 30.2 Å². The molecular formula is C14H17N3. The molecule has 3 nitrogen and oxygen atoms in total. The van der Waals surface area contributed by atoms with E-state index in [4.69, 9.17) is 5.41 Å². The number of pyridine rings is 1. The van der Waals surface area contributed by atoms with Crippen molar-refractivity contribution in [1.29, 1.82) is 5.41 Å². The number of hydrogen-bond donors (Lipinski definition) is 2. The highest BCUT2D eigenvalue weighted by molar-refractivity contribution is 5.75. The first-order valence-electron chi connectivity index (χ1n) is 5.46. The van der Waals surface area contributed by atoms with Crippen LogP contribution in [0.15, 0.2) is 54.3 Å². The van der Waals surface area contributed by atoms with Gasteiger partial charge in [-0.1, -0.05) is 26.2 Å². The third-order valence-corrected chi connectivity index (χ3v) is 2.32. The SMILES string of the molecule is C=C/C=C(C=N)/N=c1/[nH]cccc1C(=C)CC. The second-order valence-electron chi connectivity index (χ2n) is 3.47. The number of aromatic nitrogens is 1. The highest BCUT2D eigenvalue weighted by Crippen LogP contribution is 2.10. The van der Waals surface area contributed by atoms with Crippen molar-refractivity contribution in [3.8, 4) is 0 Å². The molecule has 1 heterocycles. The highest BCUT2D eigenvalue weighted by Gasteiger charge is 1.99. The highest BCUT2D eigenvalue weighted by atomic mass is 14.8. The summed E-state index contributed by atoms with van der Waals surface area (Å²) in [4.78, 5) is 7.44. The number of rotatable bonds is 5. The van der Waals surface area contributed by atoms with Gasteiger partial charge in [-0.2, -0.15) is 0 Å². The van der Waals surface area contributed by atoms with Gasteiger partial charge in [0, 0.05) is 18.0 Å². The zero-order chi connectivity index (χ0) is 12.7. The van der Waals surface area contributed by atoms with Gasteiger partial charge in [-0.15, -0.1) is 0 Å². The van der Waals surface area contributed by atoms with E-state index in [2.05, 4.69) is 30.1 Å². The molecule has 88 valence electrons. The molecule has 0 atom stereocenters. The third-order valence-electron chi connectivity index (χ3n) is 2.32. The molecule has 0 aliphatic rings. The Morgan fingerprint density at radius 2 is 2.35 bits per heavy atom. The fourth-order valence-electron chi connectivity index (χ4n) is 1.36. The van der Waals surface area contributed by atoms with E-state index in [-0.39, 0.29) is 0 Å². The Balaban J connectivity index is 3.35. The molecule has 1 aromatic rings. The average Bonchev–Trinajstić information content (AvgIpc) is 2.38. The third kappa shape index (κ3) is 3.41. The van der Waals surface area contributed by atoms with Gasteiger partial charge in [0.05, 0.1) is 5.70 Å².